The van der Waals surface area contributed by atoms with Crippen LogP contribution in [-0.2, 0) is 4.74 Å². The van der Waals surface area contributed by atoms with Crippen molar-refractivity contribution in [3.63, 3.8) is 0 Å². The minimum absolute atomic E-state index is 0.0506. The molecule has 0 amide bonds. The maximum atomic E-state index is 13.5. The molecule has 0 saturated carbocycles. The van der Waals surface area contributed by atoms with Gasteiger partial charge in [-0.1, -0.05) is 12.2 Å². The number of halogens is 2. The van der Waals surface area contributed by atoms with Gasteiger partial charge in [-0.15, -0.1) is 23.2 Å². The number of aryl methyl sites for hydroxylation is 1. The van der Waals surface area contributed by atoms with E-state index < -0.39 is 10.3 Å². The summed E-state index contributed by atoms with van der Waals surface area (Å²) < 4.78 is 7.48. The van der Waals surface area contributed by atoms with Crippen LogP contribution in [0.3, 0.4) is 0 Å². The Hall–Kier alpha value is -1.34. The van der Waals surface area contributed by atoms with Crippen LogP contribution in [0.2, 0.25) is 0 Å². The fourth-order valence-electron chi connectivity index (χ4n) is 5.23. The average Bonchev–Trinajstić information content (AvgIpc) is 2.86. The number of alkyl halides is 2. The van der Waals surface area contributed by atoms with E-state index in [0.717, 1.165) is 38.4 Å². The number of hydrogen-bond donors (Lipinski definition) is 1. The first-order valence-corrected chi connectivity index (χ1v) is 11.9. The third kappa shape index (κ3) is 3.97. The summed E-state index contributed by atoms with van der Waals surface area (Å²) in [6.07, 6.45) is 7.57. The van der Waals surface area contributed by atoms with Gasteiger partial charge in [0.05, 0.1) is 22.7 Å². The van der Waals surface area contributed by atoms with E-state index >= 15 is 0 Å². The van der Waals surface area contributed by atoms with Crippen molar-refractivity contribution < 1.29 is 4.74 Å². The molecular formula is C23H32Cl2N4O2. The fraction of sp³-hybridized carbons (Fsp3) is 0.652. The standard InChI is InChI=1S/C23H32Cl2N4O2/c1-13-21(28-10-8-17-16(12-28)9-11-31-14(2)20(17)26)27-15(3)29(22(13)30)19-7-5-6-18(24)23(19,4)25/h5-7,14,16-18,20H,8-12,26H2,1-4H3/t14-,16?,17?,18?,20+,23?/m0/s1. The third-order valence-corrected chi connectivity index (χ3v) is 8.36. The Morgan fingerprint density at radius 3 is 2.81 bits per heavy atom. The number of ether oxygens (including phenoxy) is 1. The number of piperidine rings is 1. The SMILES string of the molecule is Cc1c(N2CCC3C(CCO[C@@H](C)[C@H]3N)C2)nc(C)n(C2=CC=CC(Cl)C2(C)Cl)c1=O. The van der Waals surface area contributed by atoms with Crippen LogP contribution in [0.15, 0.2) is 23.0 Å². The summed E-state index contributed by atoms with van der Waals surface area (Å²) in [7, 11) is 0. The van der Waals surface area contributed by atoms with Crippen molar-refractivity contribution in [3.8, 4) is 0 Å². The van der Waals surface area contributed by atoms with E-state index in [1.54, 1.807) is 4.57 Å². The van der Waals surface area contributed by atoms with Crippen molar-refractivity contribution >= 4 is 34.7 Å². The zero-order valence-electron chi connectivity index (χ0n) is 18.6. The predicted molar refractivity (Wildman–Crippen MR) is 127 cm³/mol. The molecule has 8 heteroatoms. The van der Waals surface area contributed by atoms with Crippen LogP contribution in [0.25, 0.3) is 5.70 Å². The summed E-state index contributed by atoms with van der Waals surface area (Å²) in [6, 6.07) is 0.0506. The van der Waals surface area contributed by atoms with Crippen molar-refractivity contribution in [2.75, 3.05) is 24.6 Å². The molecule has 4 unspecified atom stereocenters. The van der Waals surface area contributed by atoms with Crippen LogP contribution >= 0.6 is 23.2 Å². The maximum absolute atomic E-state index is 13.5. The number of nitrogens with two attached hydrogens (primary N) is 1. The quantitative estimate of drug-likeness (QED) is 0.675. The molecule has 2 saturated heterocycles. The highest BCUT2D eigenvalue weighted by Crippen LogP contribution is 2.39. The van der Waals surface area contributed by atoms with Crippen LogP contribution in [0.5, 0.6) is 0 Å². The molecule has 1 aliphatic carbocycles. The Bertz CT molecular complexity index is 971. The van der Waals surface area contributed by atoms with E-state index in [-0.39, 0.29) is 17.7 Å². The Balaban J connectivity index is 1.67. The molecule has 3 aliphatic rings. The number of hydrogen-bond acceptors (Lipinski definition) is 5. The Morgan fingerprint density at radius 2 is 2.06 bits per heavy atom. The zero-order valence-corrected chi connectivity index (χ0v) is 20.2. The van der Waals surface area contributed by atoms with Crippen molar-refractivity contribution in [1.82, 2.24) is 9.55 Å². The van der Waals surface area contributed by atoms with Gasteiger partial charge in [0.1, 0.15) is 16.5 Å². The molecule has 0 aromatic carbocycles. The van der Waals surface area contributed by atoms with E-state index in [9.17, 15) is 4.79 Å². The maximum Gasteiger partial charge on any atom is 0.262 e. The predicted octanol–water partition coefficient (Wildman–Crippen LogP) is 3.45. The normalized spacial score (nSPS) is 36.0. The van der Waals surface area contributed by atoms with Crippen LogP contribution in [0.1, 0.15) is 38.1 Å². The van der Waals surface area contributed by atoms with Gasteiger partial charge in [0.15, 0.2) is 0 Å². The zero-order chi connectivity index (χ0) is 22.5. The lowest BCUT2D eigenvalue weighted by Crippen LogP contribution is -2.50. The molecule has 0 radical (unpaired) electrons. The van der Waals surface area contributed by atoms with Crippen molar-refractivity contribution in [2.24, 2.45) is 17.6 Å². The van der Waals surface area contributed by atoms with E-state index in [0.29, 0.717) is 28.9 Å². The summed E-state index contributed by atoms with van der Waals surface area (Å²) in [5.74, 6) is 2.24. The van der Waals surface area contributed by atoms with Gasteiger partial charge in [0.25, 0.3) is 5.56 Å². The second kappa shape index (κ2) is 8.54. The Labute approximate surface area is 194 Å². The summed E-state index contributed by atoms with van der Waals surface area (Å²) in [4.78, 5) is 19.7. The highest BCUT2D eigenvalue weighted by molar-refractivity contribution is 6.37. The third-order valence-electron chi connectivity index (χ3n) is 7.24. The highest BCUT2D eigenvalue weighted by Gasteiger charge is 2.40. The lowest BCUT2D eigenvalue weighted by Gasteiger charge is -2.41. The molecule has 0 spiro atoms. The summed E-state index contributed by atoms with van der Waals surface area (Å²) in [5, 5.41) is -0.413. The molecule has 1 aromatic rings. The lowest BCUT2D eigenvalue weighted by atomic mass is 9.78. The van der Waals surface area contributed by atoms with Gasteiger partial charge in [-0.3, -0.25) is 9.36 Å². The monoisotopic (exact) mass is 466 g/mol. The van der Waals surface area contributed by atoms with Gasteiger partial charge in [0, 0.05) is 25.7 Å². The molecule has 2 aliphatic heterocycles. The summed E-state index contributed by atoms with van der Waals surface area (Å²) in [5.41, 5.74) is 7.67. The number of allylic oxidation sites excluding steroid dienone is 4. The van der Waals surface area contributed by atoms with Crippen molar-refractivity contribution in [1.29, 1.82) is 0 Å². The molecule has 4 rings (SSSR count). The molecule has 1 aromatic heterocycles. The molecule has 170 valence electrons. The summed E-state index contributed by atoms with van der Waals surface area (Å²) >= 11 is 13.2. The van der Waals surface area contributed by atoms with Gasteiger partial charge >= 0.3 is 0 Å². The van der Waals surface area contributed by atoms with E-state index in [4.69, 9.17) is 38.7 Å². The average molecular weight is 467 g/mol. The molecule has 2 fully saturated rings. The Morgan fingerprint density at radius 1 is 1.32 bits per heavy atom. The molecule has 31 heavy (non-hydrogen) atoms. The number of nitrogens with zero attached hydrogens (tertiary/aromatic N) is 3. The van der Waals surface area contributed by atoms with Crippen LogP contribution < -0.4 is 16.2 Å². The molecule has 0 bridgehead atoms. The number of anilines is 1. The molecule has 6 nitrogen and oxygen atoms in total. The van der Waals surface area contributed by atoms with E-state index in [2.05, 4.69) is 11.8 Å². The minimum Gasteiger partial charge on any atom is -0.377 e. The van der Waals surface area contributed by atoms with Crippen molar-refractivity contribution in [2.45, 2.75) is 62.9 Å². The van der Waals surface area contributed by atoms with Crippen LogP contribution in [0.4, 0.5) is 5.82 Å². The molecule has 2 N–H and O–H groups in total. The number of fused-ring (bicyclic) bond motifs is 1. The lowest BCUT2D eigenvalue weighted by molar-refractivity contribution is 0.0537. The first-order valence-electron chi connectivity index (χ1n) is 11.1. The molecule has 3 heterocycles. The Kier molecular flexibility index (Phi) is 6.29. The highest BCUT2D eigenvalue weighted by atomic mass is 35.5. The number of rotatable bonds is 2. The fourth-order valence-corrected chi connectivity index (χ4v) is 5.65. The minimum atomic E-state index is -0.897. The van der Waals surface area contributed by atoms with Gasteiger partial charge < -0.3 is 15.4 Å². The first-order chi connectivity index (χ1) is 14.6. The smallest absolute Gasteiger partial charge is 0.262 e. The van der Waals surface area contributed by atoms with Gasteiger partial charge in [0.2, 0.25) is 0 Å². The second-order valence-electron chi connectivity index (χ2n) is 9.26. The first kappa shape index (κ1) is 22.8. The second-order valence-corrected chi connectivity index (χ2v) is 10.5. The molecular weight excluding hydrogens is 435 g/mol. The van der Waals surface area contributed by atoms with Crippen LogP contribution in [0, 0.1) is 25.7 Å². The summed E-state index contributed by atoms with van der Waals surface area (Å²) in [6.45, 7) is 10.0. The van der Waals surface area contributed by atoms with E-state index in [1.165, 1.54) is 0 Å². The van der Waals surface area contributed by atoms with E-state index in [1.807, 2.05) is 39.0 Å². The number of aromatic nitrogens is 2. The van der Waals surface area contributed by atoms with Crippen LogP contribution in [-0.4, -0.2) is 51.6 Å². The topological polar surface area (TPSA) is 73.4 Å². The largest absolute Gasteiger partial charge is 0.377 e. The van der Waals surface area contributed by atoms with Gasteiger partial charge in [-0.05, 0) is 58.4 Å². The van der Waals surface area contributed by atoms with Gasteiger partial charge in [-0.25, -0.2) is 4.98 Å². The van der Waals surface area contributed by atoms with Gasteiger partial charge in [-0.2, -0.15) is 0 Å². The molecule has 6 atom stereocenters. The van der Waals surface area contributed by atoms with Crippen molar-refractivity contribution in [3.05, 3.63) is 40.0 Å².